The molecule has 0 aliphatic carbocycles. The molecular weight excluding hydrogens is 238 g/mol. The van der Waals surface area contributed by atoms with E-state index in [0.717, 1.165) is 17.7 Å². The van der Waals surface area contributed by atoms with E-state index in [2.05, 4.69) is 33.8 Å². The van der Waals surface area contributed by atoms with Gasteiger partial charge in [-0.15, -0.1) is 0 Å². The molecule has 1 rings (SSSR count). The monoisotopic (exact) mass is 265 g/mol. The van der Waals surface area contributed by atoms with Gasteiger partial charge in [0.25, 0.3) is 0 Å². The zero-order valence-corrected chi connectivity index (χ0v) is 12.5. The molecule has 2 atom stereocenters. The topological polar surface area (TPSA) is 55.5 Å². The summed E-state index contributed by atoms with van der Waals surface area (Å²) in [6.07, 6.45) is 0.497. The number of nitrogens with two attached hydrogens (primary N) is 1. The fourth-order valence-electron chi connectivity index (χ4n) is 2.18. The largest absolute Gasteiger partial charge is 0.486 e. The molecule has 0 saturated carbocycles. The van der Waals surface area contributed by atoms with Crippen LogP contribution in [0.15, 0.2) is 24.3 Å². The zero-order valence-electron chi connectivity index (χ0n) is 12.5. The summed E-state index contributed by atoms with van der Waals surface area (Å²) < 4.78 is 5.94. The van der Waals surface area contributed by atoms with E-state index in [9.17, 15) is 5.11 Å². The minimum absolute atomic E-state index is 0.0552. The van der Waals surface area contributed by atoms with E-state index < -0.39 is 0 Å². The average molecular weight is 265 g/mol. The number of hydrogen-bond donors (Lipinski definition) is 2. The van der Waals surface area contributed by atoms with E-state index in [1.54, 1.807) is 0 Å². The maximum Gasteiger partial charge on any atom is 0.137 e. The third-order valence-corrected chi connectivity index (χ3v) is 3.22. The van der Waals surface area contributed by atoms with Crippen molar-refractivity contribution in [3.63, 3.8) is 0 Å². The van der Waals surface area contributed by atoms with Crippen LogP contribution in [0.2, 0.25) is 0 Å². The summed E-state index contributed by atoms with van der Waals surface area (Å²) in [6.45, 7) is 8.45. The lowest BCUT2D eigenvalue weighted by Crippen LogP contribution is -2.42. The Labute approximate surface area is 116 Å². The van der Waals surface area contributed by atoms with Gasteiger partial charge in [0, 0.05) is 6.04 Å². The van der Waals surface area contributed by atoms with Gasteiger partial charge in [-0.2, -0.15) is 0 Å². The first-order valence-corrected chi connectivity index (χ1v) is 7.07. The van der Waals surface area contributed by atoms with Gasteiger partial charge in [-0.3, -0.25) is 0 Å². The second-order valence-corrected chi connectivity index (χ2v) is 5.82. The minimum Gasteiger partial charge on any atom is -0.486 e. The summed E-state index contributed by atoms with van der Waals surface area (Å²) in [5.74, 6) is 1.71. The molecule has 0 aliphatic heterocycles. The van der Waals surface area contributed by atoms with Crippen LogP contribution >= 0.6 is 0 Å². The second kappa shape index (κ2) is 7.51. The molecule has 108 valence electrons. The smallest absolute Gasteiger partial charge is 0.137 e. The number of aliphatic hydroxyl groups is 1. The van der Waals surface area contributed by atoms with Gasteiger partial charge in [-0.1, -0.05) is 45.9 Å². The van der Waals surface area contributed by atoms with Crippen molar-refractivity contribution in [2.45, 2.75) is 52.2 Å². The molecular formula is C16H27NO2. The van der Waals surface area contributed by atoms with Gasteiger partial charge in [0.2, 0.25) is 0 Å². The summed E-state index contributed by atoms with van der Waals surface area (Å²) in [5, 5.41) is 9.50. The number of aliphatic hydroxyl groups excluding tert-OH is 1. The SMILES string of the molecule is CC(C)CC(N)C(CO)Oc1ccccc1C(C)C. The van der Waals surface area contributed by atoms with Gasteiger partial charge >= 0.3 is 0 Å². The Balaban J connectivity index is 2.81. The molecule has 0 saturated heterocycles. The highest BCUT2D eigenvalue weighted by Crippen LogP contribution is 2.27. The van der Waals surface area contributed by atoms with Crippen molar-refractivity contribution >= 4 is 0 Å². The standard InChI is InChI=1S/C16H27NO2/c1-11(2)9-14(17)16(10-18)19-15-8-6-5-7-13(15)12(3)4/h5-8,11-12,14,16,18H,9-10,17H2,1-4H3. The fourth-order valence-corrected chi connectivity index (χ4v) is 2.18. The highest BCUT2D eigenvalue weighted by molar-refractivity contribution is 5.35. The maximum absolute atomic E-state index is 9.50. The van der Waals surface area contributed by atoms with Crippen LogP contribution < -0.4 is 10.5 Å². The Bertz CT molecular complexity index is 377. The van der Waals surface area contributed by atoms with Crippen molar-refractivity contribution in [2.24, 2.45) is 11.7 Å². The molecule has 1 aromatic carbocycles. The first kappa shape index (κ1) is 16.0. The first-order valence-electron chi connectivity index (χ1n) is 7.07. The van der Waals surface area contributed by atoms with Crippen LogP contribution in [0, 0.1) is 5.92 Å². The van der Waals surface area contributed by atoms with Gasteiger partial charge in [0.1, 0.15) is 11.9 Å². The van der Waals surface area contributed by atoms with Crippen molar-refractivity contribution < 1.29 is 9.84 Å². The predicted molar refractivity (Wildman–Crippen MR) is 79.5 cm³/mol. The van der Waals surface area contributed by atoms with Crippen LogP contribution in [-0.2, 0) is 0 Å². The molecule has 0 aliphatic rings. The lowest BCUT2D eigenvalue weighted by molar-refractivity contribution is 0.0871. The zero-order chi connectivity index (χ0) is 14.4. The van der Waals surface area contributed by atoms with Crippen molar-refractivity contribution in [1.82, 2.24) is 0 Å². The van der Waals surface area contributed by atoms with Crippen LogP contribution in [0.3, 0.4) is 0 Å². The van der Waals surface area contributed by atoms with Crippen LogP contribution in [0.4, 0.5) is 0 Å². The lowest BCUT2D eigenvalue weighted by Gasteiger charge is -2.26. The maximum atomic E-state index is 9.50. The summed E-state index contributed by atoms with van der Waals surface area (Å²) in [4.78, 5) is 0. The minimum atomic E-state index is -0.345. The molecule has 0 spiro atoms. The van der Waals surface area contributed by atoms with Crippen molar-refractivity contribution in [3.8, 4) is 5.75 Å². The van der Waals surface area contributed by atoms with Crippen LogP contribution in [0.1, 0.15) is 45.6 Å². The molecule has 2 unspecified atom stereocenters. The van der Waals surface area contributed by atoms with Gasteiger partial charge in [0.15, 0.2) is 0 Å². The van der Waals surface area contributed by atoms with Crippen molar-refractivity contribution in [2.75, 3.05) is 6.61 Å². The average Bonchev–Trinajstić information content (AvgIpc) is 2.35. The van der Waals surface area contributed by atoms with E-state index in [-0.39, 0.29) is 18.8 Å². The summed E-state index contributed by atoms with van der Waals surface area (Å²) in [7, 11) is 0. The molecule has 0 heterocycles. The molecule has 3 N–H and O–H groups in total. The molecule has 0 radical (unpaired) electrons. The summed E-state index contributed by atoms with van der Waals surface area (Å²) in [5.41, 5.74) is 7.27. The molecule has 3 heteroatoms. The second-order valence-electron chi connectivity index (χ2n) is 5.82. The van der Waals surface area contributed by atoms with Crippen LogP contribution in [0.25, 0.3) is 0 Å². The highest BCUT2D eigenvalue weighted by Gasteiger charge is 2.21. The highest BCUT2D eigenvalue weighted by atomic mass is 16.5. The number of ether oxygens (including phenoxy) is 1. The molecule has 19 heavy (non-hydrogen) atoms. The van der Waals surface area contributed by atoms with Gasteiger partial charge in [0.05, 0.1) is 6.61 Å². The Morgan fingerprint density at radius 1 is 1.16 bits per heavy atom. The Hall–Kier alpha value is -1.06. The van der Waals surface area contributed by atoms with E-state index in [0.29, 0.717) is 11.8 Å². The van der Waals surface area contributed by atoms with Crippen molar-refractivity contribution in [3.05, 3.63) is 29.8 Å². The molecule has 0 aromatic heterocycles. The Morgan fingerprint density at radius 3 is 2.32 bits per heavy atom. The van der Waals surface area contributed by atoms with Gasteiger partial charge < -0.3 is 15.6 Å². The molecule has 3 nitrogen and oxygen atoms in total. The third kappa shape index (κ3) is 4.84. The quantitative estimate of drug-likeness (QED) is 0.797. The first-order chi connectivity index (χ1) is 8.95. The number of benzene rings is 1. The van der Waals surface area contributed by atoms with Gasteiger partial charge in [-0.05, 0) is 29.9 Å². The molecule has 0 fully saturated rings. The Morgan fingerprint density at radius 2 is 1.79 bits per heavy atom. The van der Waals surface area contributed by atoms with Gasteiger partial charge in [-0.25, -0.2) is 0 Å². The fraction of sp³-hybridized carbons (Fsp3) is 0.625. The van der Waals surface area contributed by atoms with E-state index in [1.165, 1.54) is 0 Å². The van der Waals surface area contributed by atoms with E-state index in [4.69, 9.17) is 10.5 Å². The third-order valence-electron chi connectivity index (χ3n) is 3.22. The van der Waals surface area contributed by atoms with Crippen LogP contribution in [-0.4, -0.2) is 23.9 Å². The summed E-state index contributed by atoms with van der Waals surface area (Å²) in [6, 6.07) is 7.81. The Kier molecular flexibility index (Phi) is 6.32. The molecule has 0 amide bonds. The molecule has 0 bridgehead atoms. The van der Waals surface area contributed by atoms with E-state index in [1.807, 2.05) is 18.2 Å². The number of rotatable bonds is 7. The molecule has 1 aromatic rings. The van der Waals surface area contributed by atoms with E-state index >= 15 is 0 Å². The predicted octanol–water partition coefficient (Wildman–Crippen LogP) is 2.92. The lowest BCUT2D eigenvalue weighted by atomic mass is 9.99. The van der Waals surface area contributed by atoms with Crippen LogP contribution in [0.5, 0.6) is 5.75 Å². The number of hydrogen-bond acceptors (Lipinski definition) is 3. The summed E-state index contributed by atoms with van der Waals surface area (Å²) >= 11 is 0. The number of para-hydroxylation sites is 1. The van der Waals surface area contributed by atoms with Crippen molar-refractivity contribution in [1.29, 1.82) is 0 Å². The normalized spacial score (nSPS) is 14.7.